The summed E-state index contributed by atoms with van der Waals surface area (Å²) in [6.07, 6.45) is -19.5. The number of nitrogens with two attached hydrogens (primary N) is 1. The zero-order valence-corrected chi connectivity index (χ0v) is 36.2. The van der Waals surface area contributed by atoms with Gasteiger partial charge in [-0.2, -0.15) is 13.2 Å². The maximum absolute atomic E-state index is 14.1. The highest BCUT2D eigenvalue weighted by atomic mass is 19.4. The van der Waals surface area contributed by atoms with Crippen LogP contribution in [0.2, 0.25) is 0 Å². The third-order valence-corrected chi connectivity index (χ3v) is 10.6. The Labute approximate surface area is 383 Å². The third kappa shape index (κ3) is 15.8. The SMILES string of the molecule is NC(CC(=O)N1CCn2c(C(F)(F)F)nc(C(=O)OCCOCCOCCn3cc(CN(CC(O)C(O)C(O)C(O)CO)CC(O)C(O)C(O)C(O)CO)nn3)c2C1)Cc1cc(F)c(F)cc1F. The number of alkyl halides is 3. The second-order valence-corrected chi connectivity index (χ2v) is 15.8. The number of imidazole rings is 1. The number of fused-ring (bicyclic) bond motifs is 1. The number of aliphatic hydroxyl groups is 10. The first-order chi connectivity index (χ1) is 32.1. The number of esters is 1. The van der Waals surface area contributed by atoms with E-state index in [0.717, 1.165) is 9.47 Å². The number of hydrogen-bond acceptors (Lipinski definition) is 20. The van der Waals surface area contributed by atoms with E-state index >= 15 is 0 Å². The first-order valence-corrected chi connectivity index (χ1v) is 21.0. The predicted octanol–water partition coefficient (Wildman–Crippen LogP) is -4.22. The van der Waals surface area contributed by atoms with E-state index in [-0.39, 0.29) is 69.4 Å². The molecule has 12 N–H and O–H groups in total. The lowest BCUT2D eigenvalue weighted by molar-refractivity contribution is -0.148. The van der Waals surface area contributed by atoms with Gasteiger partial charge in [-0.15, -0.1) is 5.10 Å². The van der Waals surface area contributed by atoms with Crippen LogP contribution in [0.5, 0.6) is 0 Å². The summed E-state index contributed by atoms with van der Waals surface area (Å²) in [4.78, 5) is 31.9. The zero-order valence-electron chi connectivity index (χ0n) is 36.2. The van der Waals surface area contributed by atoms with E-state index in [1.165, 1.54) is 15.8 Å². The number of aliphatic hydroxyl groups excluding tert-OH is 10. The molecule has 0 saturated heterocycles. The van der Waals surface area contributed by atoms with Gasteiger partial charge in [-0.25, -0.2) is 27.6 Å². The highest BCUT2D eigenvalue weighted by Crippen LogP contribution is 2.33. The van der Waals surface area contributed by atoms with Crippen molar-refractivity contribution < 1.29 is 101 Å². The molecule has 0 saturated carbocycles. The second-order valence-electron chi connectivity index (χ2n) is 15.8. The van der Waals surface area contributed by atoms with Gasteiger partial charge in [0.2, 0.25) is 11.7 Å². The quantitative estimate of drug-likeness (QED) is 0.0142. The van der Waals surface area contributed by atoms with E-state index in [4.69, 9.17) is 30.2 Å². The molecule has 1 aliphatic rings. The maximum atomic E-state index is 14.1. The van der Waals surface area contributed by atoms with E-state index in [1.807, 2.05) is 0 Å². The summed E-state index contributed by atoms with van der Waals surface area (Å²) in [5, 5.41) is 107. The first kappa shape index (κ1) is 56.1. The first-order valence-electron chi connectivity index (χ1n) is 21.0. The van der Waals surface area contributed by atoms with Crippen LogP contribution in [-0.2, 0) is 57.8 Å². The molecule has 3 aromatic rings. The Morgan fingerprint density at radius 1 is 0.779 bits per heavy atom. The fourth-order valence-corrected chi connectivity index (χ4v) is 6.96. The van der Waals surface area contributed by atoms with Gasteiger partial charge in [-0.1, -0.05) is 5.21 Å². The molecule has 9 atom stereocenters. The number of ether oxygens (including phenoxy) is 3. The number of carbonyl (C=O) groups excluding carboxylic acids is 2. The van der Waals surface area contributed by atoms with Crippen molar-refractivity contribution in [2.75, 3.05) is 65.9 Å². The zero-order chi connectivity index (χ0) is 50.5. The Bertz CT molecular complexity index is 2040. The Kier molecular flexibility index (Phi) is 21.4. The van der Waals surface area contributed by atoms with E-state index in [1.54, 1.807) is 0 Å². The van der Waals surface area contributed by atoms with Gasteiger partial charge < -0.3 is 80.5 Å². The largest absolute Gasteiger partial charge is 0.458 e. The van der Waals surface area contributed by atoms with E-state index in [9.17, 15) is 76.8 Å². The summed E-state index contributed by atoms with van der Waals surface area (Å²) < 4.78 is 101. The second kappa shape index (κ2) is 25.9. The molecule has 9 unspecified atom stereocenters. The van der Waals surface area contributed by atoms with Crippen molar-refractivity contribution in [3.05, 3.63) is 64.3 Å². The average molecular weight is 991 g/mol. The highest BCUT2D eigenvalue weighted by molar-refractivity contribution is 5.89. The molecule has 1 aliphatic heterocycles. The molecule has 384 valence electrons. The van der Waals surface area contributed by atoms with Crippen LogP contribution >= 0.6 is 0 Å². The smallest absolute Gasteiger partial charge is 0.449 e. The molecule has 1 amide bonds. The number of hydrogen-bond donors (Lipinski definition) is 11. The van der Waals surface area contributed by atoms with Crippen LogP contribution in [0, 0.1) is 17.5 Å². The number of amides is 1. The van der Waals surface area contributed by atoms with Gasteiger partial charge in [0.05, 0.1) is 76.3 Å². The van der Waals surface area contributed by atoms with Crippen molar-refractivity contribution in [2.45, 2.75) is 100 Å². The van der Waals surface area contributed by atoms with E-state index in [2.05, 4.69) is 15.3 Å². The summed E-state index contributed by atoms with van der Waals surface area (Å²) in [6.45, 7) is -4.70. The summed E-state index contributed by atoms with van der Waals surface area (Å²) in [6, 6.07) is -0.129. The van der Waals surface area contributed by atoms with Crippen molar-refractivity contribution in [2.24, 2.45) is 5.73 Å². The van der Waals surface area contributed by atoms with E-state index in [0.29, 0.717) is 12.1 Å². The lowest BCUT2D eigenvalue weighted by Gasteiger charge is -2.33. The molecule has 1 aromatic carbocycles. The monoisotopic (exact) mass is 990 g/mol. The molecule has 29 heteroatoms. The maximum Gasteiger partial charge on any atom is 0.449 e. The molecular weight excluding hydrogens is 934 g/mol. The summed E-state index contributed by atoms with van der Waals surface area (Å²) >= 11 is 0. The van der Waals surface area contributed by atoms with Crippen LogP contribution in [-0.4, -0.2) is 218 Å². The average Bonchev–Trinajstić information content (AvgIpc) is 3.92. The highest BCUT2D eigenvalue weighted by Gasteiger charge is 2.42. The summed E-state index contributed by atoms with van der Waals surface area (Å²) in [7, 11) is 0. The van der Waals surface area contributed by atoms with Gasteiger partial charge >= 0.3 is 12.1 Å². The molecule has 3 heterocycles. The van der Waals surface area contributed by atoms with Gasteiger partial charge in [0, 0.05) is 57.4 Å². The van der Waals surface area contributed by atoms with Crippen LogP contribution < -0.4 is 5.73 Å². The number of carbonyl (C=O) groups is 2. The van der Waals surface area contributed by atoms with Crippen LogP contribution in [0.1, 0.15) is 39.7 Å². The number of nitrogens with zero attached hydrogens (tertiary/aromatic N) is 7. The molecular formula is C39H56F6N8O15. The molecule has 0 fully saturated rings. The fourth-order valence-electron chi connectivity index (χ4n) is 6.96. The van der Waals surface area contributed by atoms with Crippen LogP contribution in [0.4, 0.5) is 26.3 Å². The standard InChI is InChI=1S/C39H56F6N8O15/c40-23-12-25(42)24(41)10-20(23)9-21(46)11-31(60)51-1-2-53-26(15-51)32(47-38(53)39(43,44)45)37(65)68-8-7-67-6-5-66-4-3-52-14-22(48-49-52)13-50(16-27(56)33(61)35(63)29(58)18-54)17-28(57)34(62)36(64)30(59)19-55/h10,12,14,21,27-30,33-36,54-59,61-64H,1-9,11,13,15-19,46H2. The minimum atomic E-state index is -4.97. The molecule has 4 rings (SSSR count). The topological polar surface area (TPSA) is 345 Å². The Morgan fingerprint density at radius 2 is 1.34 bits per heavy atom. The molecule has 23 nitrogen and oxygen atoms in total. The van der Waals surface area contributed by atoms with Gasteiger partial charge in [-0.05, 0) is 18.1 Å². The summed E-state index contributed by atoms with van der Waals surface area (Å²) in [5.41, 5.74) is 4.96. The van der Waals surface area contributed by atoms with Crippen LogP contribution in [0.25, 0.3) is 0 Å². The number of aromatic nitrogens is 5. The Balaban J connectivity index is 1.22. The van der Waals surface area contributed by atoms with Crippen molar-refractivity contribution in [1.29, 1.82) is 0 Å². The minimum Gasteiger partial charge on any atom is -0.458 e. The van der Waals surface area contributed by atoms with Gasteiger partial charge in [-0.3, -0.25) is 9.69 Å². The Hall–Kier alpha value is -4.47. The molecule has 0 spiro atoms. The number of benzene rings is 1. The summed E-state index contributed by atoms with van der Waals surface area (Å²) in [5.74, 6) is -7.08. The molecule has 0 radical (unpaired) electrons. The van der Waals surface area contributed by atoms with Crippen molar-refractivity contribution in [1.82, 2.24) is 34.3 Å². The Morgan fingerprint density at radius 3 is 1.93 bits per heavy atom. The van der Waals surface area contributed by atoms with Crippen molar-refractivity contribution in [3.8, 4) is 0 Å². The van der Waals surface area contributed by atoms with Crippen LogP contribution in [0.15, 0.2) is 18.3 Å². The minimum absolute atomic E-state index is 0.0180. The van der Waals surface area contributed by atoms with Gasteiger partial charge in [0.1, 0.15) is 49.0 Å². The van der Waals surface area contributed by atoms with Crippen molar-refractivity contribution in [3.63, 3.8) is 0 Å². The fraction of sp³-hybridized carbons (Fsp3) is 0.667. The molecule has 68 heavy (non-hydrogen) atoms. The van der Waals surface area contributed by atoms with Gasteiger partial charge in [0.15, 0.2) is 17.3 Å². The lowest BCUT2D eigenvalue weighted by Crippen LogP contribution is -2.53. The number of rotatable bonds is 28. The van der Waals surface area contributed by atoms with Crippen LogP contribution in [0.3, 0.4) is 0 Å². The lowest BCUT2D eigenvalue weighted by atomic mass is 10.0. The van der Waals surface area contributed by atoms with Crippen molar-refractivity contribution >= 4 is 11.9 Å². The van der Waals surface area contributed by atoms with Gasteiger partial charge in [0.25, 0.3) is 0 Å². The predicted molar refractivity (Wildman–Crippen MR) is 215 cm³/mol. The molecule has 2 aromatic heterocycles. The normalized spacial score (nSPS) is 17.3. The molecule has 0 bridgehead atoms. The number of halogens is 6. The molecule has 0 aliphatic carbocycles. The van der Waals surface area contributed by atoms with E-state index < -0.39 is 154 Å². The third-order valence-electron chi connectivity index (χ3n) is 10.6.